The van der Waals surface area contributed by atoms with Crippen molar-refractivity contribution in [3.05, 3.63) is 40.2 Å². The van der Waals surface area contributed by atoms with Crippen LogP contribution in [0.4, 0.5) is 0 Å². The van der Waals surface area contributed by atoms with Gasteiger partial charge in [0.05, 0.1) is 13.2 Å². The van der Waals surface area contributed by atoms with Crippen molar-refractivity contribution in [3.8, 4) is 5.75 Å². The summed E-state index contributed by atoms with van der Waals surface area (Å²) in [4.78, 5) is 11.7. The van der Waals surface area contributed by atoms with E-state index < -0.39 is 80.3 Å². The Morgan fingerprint density at radius 3 is 2.17 bits per heavy atom. The fourth-order valence-electron chi connectivity index (χ4n) is 4.17. The second-order valence-electron chi connectivity index (χ2n) is 8.53. The van der Waals surface area contributed by atoms with Crippen LogP contribution in [0.3, 0.4) is 0 Å². The average molecular weight is 500 g/mol. The first kappa shape index (κ1) is 25.9. The highest BCUT2D eigenvalue weighted by molar-refractivity contribution is 5.81. The Balaban J connectivity index is 1.50. The highest BCUT2D eigenvalue weighted by Crippen LogP contribution is 2.31. The van der Waals surface area contributed by atoms with Gasteiger partial charge in [0.1, 0.15) is 60.2 Å². The number of ether oxygens (including phenoxy) is 4. The van der Waals surface area contributed by atoms with Crippen LogP contribution in [0.1, 0.15) is 5.56 Å². The van der Waals surface area contributed by atoms with Crippen LogP contribution < -0.4 is 10.4 Å². The number of fused-ring (bicyclic) bond motifs is 1. The number of aliphatic hydroxyl groups excluding tert-OH is 7. The highest BCUT2D eigenvalue weighted by Gasteiger charge is 2.51. The van der Waals surface area contributed by atoms with E-state index in [-0.39, 0.29) is 11.3 Å². The molecule has 0 amide bonds. The Hall–Kier alpha value is -2.17. The zero-order valence-electron chi connectivity index (χ0n) is 18.6. The molecule has 1 aromatic carbocycles. The minimum absolute atomic E-state index is 0.146. The molecule has 35 heavy (non-hydrogen) atoms. The van der Waals surface area contributed by atoms with Crippen LogP contribution in [0, 0.1) is 6.92 Å². The zero-order chi connectivity index (χ0) is 25.4. The maximum atomic E-state index is 11.7. The molecular weight excluding hydrogens is 472 g/mol. The molecule has 4 rings (SSSR count). The van der Waals surface area contributed by atoms with E-state index in [0.29, 0.717) is 10.9 Å². The van der Waals surface area contributed by atoms with E-state index in [1.54, 1.807) is 19.1 Å². The van der Waals surface area contributed by atoms with Gasteiger partial charge in [0.15, 0.2) is 6.29 Å². The summed E-state index contributed by atoms with van der Waals surface area (Å²) < 4.78 is 27.1. The van der Waals surface area contributed by atoms with Crippen molar-refractivity contribution in [1.29, 1.82) is 0 Å². The fourth-order valence-corrected chi connectivity index (χ4v) is 4.17. The second-order valence-corrected chi connectivity index (χ2v) is 8.53. The van der Waals surface area contributed by atoms with Gasteiger partial charge >= 0.3 is 5.63 Å². The van der Waals surface area contributed by atoms with Gasteiger partial charge in [-0.2, -0.15) is 0 Å². The molecular formula is C22H28O13. The molecule has 13 heteroatoms. The molecule has 3 heterocycles. The molecule has 13 nitrogen and oxygen atoms in total. The summed E-state index contributed by atoms with van der Waals surface area (Å²) in [6.45, 7) is 0.352. The van der Waals surface area contributed by atoms with Crippen LogP contribution >= 0.6 is 0 Å². The number of hydrogen-bond donors (Lipinski definition) is 7. The van der Waals surface area contributed by atoms with Crippen LogP contribution in [0.2, 0.25) is 0 Å². The minimum Gasteiger partial charge on any atom is -0.462 e. The lowest BCUT2D eigenvalue weighted by Crippen LogP contribution is -2.65. The third-order valence-corrected chi connectivity index (χ3v) is 6.14. The Morgan fingerprint density at radius 1 is 0.829 bits per heavy atom. The van der Waals surface area contributed by atoms with Crippen molar-refractivity contribution in [2.24, 2.45) is 0 Å². The van der Waals surface area contributed by atoms with E-state index in [9.17, 15) is 40.5 Å². The van der Waals surface area contributed by atoms with Crippen LogP contribution in [0.5, 0.6) is 5.75 Å². The van der Waals surface area contributed by atoms with Gasteiger partial charge < -0.3 is 59.1 Å². The van der Waals surface area contributed by atoms with E-state index >= 15 is 0 Å². The molecule has 0 saturated carbocycles. The fraction of sp³-hybridized carbons (Fsp3) is 0.591. The summed E-state index contributed by atoms with van der Waals surface area (Å²) in [5, 5.41) is 71.1. The Morgan fingerprint density at radius 2 is 1.49 bits per heavy atom. The molecule has 0 bridgehead atoms. The van der Waals surface area contributed by atoms with Gasteiger partial charge in [0.2, 0.25) is 6.29 Å². The smallest absolute Gasteiger partial charge is 0.336 e. The quantitative estimate of drug-likeness (QED) is 0.199. The Labute approximate surface area is 198 Å². The highest BCUT2D eigenvalue weighted by atomic mass is 16.7. The van der Waals surface area contributed by atoms with Gasteiger partial charge in [-0.3, -0.25) is 0 Å². The van der Waals surface area contributed by atoms with Crippen molar-refractivity contribution in [3.63, 3.8) is 0 Å². The van der Waals surface area contributed by atoms with E-state index in [1.807, 2.05) is 0 Å². The van der Waals surface area contributed by atoms with Crippen LogP contribution in [0.25, 0.3) is 11.0 Å². The maximum absolute atomic E-state index is 11.7. The van der Waals surface area contributed by atoms with Gasteiger partial charge in [0.25, 0.3) is 0 Å². The summed E-state index contributed by atoms with van der Waals surface area (Å²) in [6.07, 6.45) is -15.6. The summed E-state index contributed by atoms with van der Waals surface area (Å²) in [7, 11) is 0. The number of aliphatic hydroxyl groups is 7. The topological polar surface area (TPSA) is 209 Å². The Kier molecular flexibility index (Phi) is 7.73. The van der Waals surface area contributed by atoms with E-state index in [1.165, 1.54) is 12.1 Å². The van der Waals surface area contributed by atoms with Crippen molar-refractivity contribution in [2.75, 3.05) is 13.2 Å². The first-order valence-electron chi connectivity index (χ1n) is 10.9. The van der Waals surface area contributed by atoms with Crippen molar-refractivity contribution in [2.45, 2.75) is 68.3 Å². The maximum Gasteiger partial charge on any atom is 0.336 e. The normalized spacial score (nSPS) is 37.9. The molecule has 2 fully saturated rings. The molecule has 10 atom stereocenters. The molecule has 0 radical (unpaired) electrons. The molecule has 1 aromatic heterocycles. The summed E-state index contributed by atoms with van der Waals surface area (Å²) >= 11 is 0. The zero-order valence-corrected chi connectivity index (χ0v) is 18.6. The van der Waals surface area contributed by atoms with Gasteiger partial charge in [-0.15, -0.1) is 0 Å². The van der Waals surface area contributed by atoms with E-state index in [0.717, 1.165) is 0 Å². The molecule has 2 saturated heterocycles. The molecule has 2 aliphatic rings. The Bertz CT molecular complexity index is 1070. The third kappa shape index (κ3) is 5.06. The van der Waals surface area contributed by atoms with Gasteiger partial charge in [-0.25, -0.2) is 4.79 Å². The lowest BCUT2D eigenvalue weighted by atomic mass is 9.97. The molecule has 2 aromatic rings. The van der Waals surface area contributed by atoms with Crippen LogP contribution in [-0.2, 0) is 14.2 Å². The van der Waals surface area contributed by atoms with Crippen LogP contribution in [-0.4, -0.2) is 110 Å². The van der Waals surface area contributed by atoms with Crippen molar-refractivity contribution < 1.29 is 59.1 Å². The van der Waals surface area contributed by atoms with Crippen molar-refractivity contribution in [1.82, 2.24) is 0 Å². The molecule has 0 spiro atoms. The first-order chi connectivity index (χ1) is 16.6. The summed E-state index contributed by atoms with van der Waals surface area (Å²) in [5.74, 6) is 0.146. The van der Waals surface area contributed by atoms with E-state index in [4.69, 9.17) is 23.4 Å². The SMILES string of the molecule is Cc1cc(=O)oc2cc(O[C@@H]3O[C@H](CO)[C@@H](O[C@@H]4O[C@H](CO)[C@@H](O)[C@H](O)[C@H]4O)[C@H](O)[C@H]3O)ccc12. The molecule has 0 unspecified atom stereocenters. The predicted molar refractivity (Wildman–Crippen MR) is 114 cm³/mol. The third-order valence-electron chi connectivity index (χ3n) is 6.14. The molecule has 194 valence electrons. The molecule has 7 N–H and O–H groups in total. The van der Waals surface area contributed by atoms with Gasteiger partial charge in [-0.05, 0) is 24.6 Å². The monoisotopic (exact) mass is 500 g/mol. The predicted octanol–water partition coefficient (Wildman–Crippen LogP) is -2.90. The van der Waals surface area contributed by atoms with Gasteiger partial charge in [0, 0.05) is 17.5 Å². The minimum atomic E-state index is -1.76. The van der Waals surface area contributed by atoms with Crippen molar-refractivity contribution >= 4 is 11.0 Å². The number of aryl methyl sites for hydroxylation is 1. The number of hydrogen-bond acceptors (Lipinski definition) is 13. The van der Waals surface area contributed by atoms with Gasteiger partial charge in [-0.1, -0.05) is 0 Å². The summed E-state index contributed by atoms with van der Waals surface area (Å²) in [5.41, 5.74) is 0.381. The largest absolute Gasteiger partial charge is 0.462 e. The summed E-state index contributed by atoms with van der Waals surface area (Å²) in [6, 6.07) is 5.94. The average Bonchev–Trinajstić information content (AvgIpc) is 2.83. The van der Waals surface area contributed by atoms with E-state index in [2.05, 4.69) is 0 Å². The standard InChI is InChI=1S/C22H28O13/c1-8-4-14(25)32-11-5-9(2-3-10(8)11)31-21-19(30)17(28)20(13(7-24)34-21)35-22-18(29)16(27)15(26)12(6-23)33-22/h2-5,12-13,15-24,26-30H,6-7H2,1H3/t12-,13-,15-,16+,17-,18-,19-,20-,21-,22+/m1/s1. The first-order valence-corrected chi connectivity index (χ1v) is 10.9. The lowest BCUT2D eigenvalue weighted by molar-refractivity contribution is -0.352. The lowest BCUT2D eigenvalue weighted by Gasteiger charge is -2.45. The van der Waals surface area contributed by atoms with Crippen LogP contribution in [0.15, 0.2) is 33.5 Å². The molecule has 0 aliphatic carbocycles. The molecule has 2 aliphatic heterocycles. The number of benzene rings is 1. The number of rotatable bonds is 6. The second kappa shape index (κ2) is 10.4.